The molecule has 1 aliphatic heterocycles. The molecule has 0 aliphatic carbocycles. The van der Waals surface area contributed by atoms with Gasteiger partial charge in [-0.1, -0.05) is 30.0 Å². The Morgan fingerprint density at radius 1 is 1.00 bits per heavy atom. The highest BCUT2D eigenvalue weighted by molar-refractivity contribution is 8.14. The lowest BCUT2D eigenvalue weighted by Gasteiger charge is -2.19. The number of nitrogens with zero attached hydrogens (tertiary/aromatic N) is 2. The molecule has 0 radical (unpaired) electrons. The first kappa shape index (κ1) is 27.9. The number of amides is 1. The van der Waals surface area contributed by atoms with Gasteiger partial charge in [0, 0.05) is 11.4 Å². The predicted octanol–water partition coefficient (Wildman–Crippen LogP) is 5.79. The van der Waals surface area contributed by atoms with Crippen molar-refractivity contribution in [2.75, 3.05) is 24.4 Å². The summed E-state index contributed by atoms with van der Waals surface area (Å²) < 4.78 is 10.4. The van der Waals surface area contributed by atoms with Gasteiger partial charge in [0.05, 0.1) is 36.3 Å². The molecule has 0 unspecified atom stereocenters. The number of aryl methyl sites for hydroxylation is 4. The average molecular weight is 546 g/mol. The SMILES string of the molecule is CCOC(=O)c1c(C)[nH]c(C)c1C(=O)CSC1=N/C(=C\c2ccc(OC)cc2)C(=O)N1c1cc(C)cc(C)c1. The molecule has 0 bridgehead atoms. The summed E-state index contributed by atoms with van der Waals surface area (Å²) in [4.78, 5) is 48.8. The van der Waals surface area contributed by atoms with E-state index in [4.69, 9.17) is 9.47 Å². The number of aromatic amines is 1. The number of hydrogen-bond acceptors (Lipinski definition) is 7. The lowest BCUT2D eigenvalue weighted by atomic mass is 10.1. The second-order valence-electron chi connectivity index (χ2n) is 9.24. The smallest absolute Gasteiger partial charge is 0.340 e. The first-order chi connectivity index (χ1) is 18.6. The van der Waals surface area contributed by atoms with Crippen LogP contribution in [0.5, 0.6) is 5.75 Å². The number of aliphatic imine (C=N–C) groups is 1. The summed E-state index contributed by atoms with van der Waals surface area (Å²) in [5, 5.41) is 0.390. The Balaban J connectivity index is 1.67. The van der Waals surface area contributed by atoms with Gasteiger partial charge in [-0.25, -0.2) is 9.79 Å². The van der Waals surface area contributed by atoms with Crippen molar-refractivity contribution < 1.29 is 23.9 Å². The van der Waals surface area contributed by atoms with E-state index in [0.29, 0.717) is 33.6 Å². The highest BCUT2D eigenvalue weighted by atomic mass is 32.2. The molecule has 1 N–H and O–H groups in total. The van der Waals surface area contributed by atoms with Gasteiger partial charge in [-0.05, 0) is 81.7 Å². The summed E-state index contributed by atoms with van der Waals surface area (Å²) in [5.74, 6) is -0.391. The van der Waals surface area contributed by atoms with Crippen LogP contribution in [0.1, 0.15) is 55.7 Å². The minimum Gasteiger partial charge on any atom is -0.497 e. The van der Waals surface area contributed by atoms with Gasteiger partial charge in [0.2, 0.25) is 0 Å². The predicted molar refractivity (Wildman–Crippen MR) is 155 cm³/mol. The normalized spacial score (nSPS) is 14.1. The number of esters is 1. The molecule has 8 nitrogen and oxygen atoms in total. The van der Waals surface area contributed by atoms with Gasteiger partial charge in [0.25, 0.3) is 5.91 Å². The van der Waals surface area contributed by atoms with Gasteiger partial charge in [0.15, 0.2) is 11.0 Å². The molecule has 2 aromatic carbocycles. The third-order valence-corrected chi connectivity index (χ3v) is 7.12. The van der Waals surface area contributed by atoms with Crippen LogP contribution in [0.15, 0.2) is 53.2 Å². The molecule has 0 spiro atoms. The number of H-pyrrole nitrogens is 1. The lowest BCUT2D eigenvalue weighted by Crippen LogP contribution is -2.31. The van der Waals surface area contributed by atoms with Crippen molar-refractivity contribution in [1.29, 1.82) is 0 Å². The molecule has 1 aromatic heterocycles. The van der Waals surface area contributed by atoms with E-state index < -0.39 is 5.97 Å². The number of anilines is 1. The second kappa shape index (κ2) is 11.7. The summed E-state index contributed by atoms with van der Waals surface area (Å²) in [5.41, 5.74) is 5.46. The van der Waals surface area contributed by atoms with Gasteiger partial charge < -0.3 is 14.5 Å². The van der Waals surface area contributed by atoms with E-state index in [0.717, 1.165) is 28.5 Å². The number of ketones is 1. The number of benzene rings is 2. The maximum Gasteiger partial charge on any atom is 0.340 e. The number of thioether (sulfide) groups is 1. The van der Waals surface area contributed by atoms with Crippen LogP contribution in [-0.4, -0.2) is 47.3 Å². The third-order valence-electron chi connectivity index (χ3n) is 6.18. The fourth-order valence-corrected chi connectivity index (χ4v) is 5.43. The van der Waals surface area contributed by atoms with Crippen LogP contribution < -0.4 is 9.64 Å². The number of carbonyl (C=O) groups is 3. The topological polar surface area (TPSA) is 101 Å². The molecule has 0 saturated heterocycles. The van der Waals surface area contributed by atoms with E-state index in [2.05, 4.69) is 9.98 Å². The number of methoxy groups -OCH3 is 1. The van der Waals surface area contributed by atoms with Crippen LogP contribution >= 0.6 is 11.8 Å². The van der Waals surface area contributed by atoms with Crippen molar-refractivity contribution in [3.8, 4) is 5.75 Å². The highest BCUT2D eigenvalue weighted by Gasteiger charge is 2.33. The van der Waals surface area contributed by atoms with E-state index in [1.807, 2.05) is 56.3 Å². The van der Waals surface area contributed by atoms with Crippen molar-refractivity contribution in [2.45, 2.75) is 34.6 Å². The van der Waals surface area contributed by atoms with E-state index in [1.165, 1.54) is 4.90 Å². The maximum absolute atomic E-state index is 13.6. The van der Waals surface area contributed by atoms with Crippen LogP contribution in [0.4, 0.5) is 5.69 Å². The third kappa shape index (κ3) is 5.98. The molecular weight excluding hydrogens is 514 g/mol. The Kier molecular flexibility index (Phi) is 8.40. The zero-order valence-corrected chi connectivity index (χ0v) is 23.7. The summed E-state index contributed by atoms with van der Waals surface area (Å²) in [7, 11) is 1.59. The zero-order valence-electron chi connectivity index (χ0n) is 22.9. The molecule has 39 heavy (non-hydrogen) atoms. The molecule has 202 valence electrons. The fraction of sp³-hybridized carbons (Fsp3) is 0.267. The van der Waals surface area contributed by atoms with Crippen molar-refractivity contribution >= 4 is 46.4 Å². The van der Waals surface area contributed by atoms with Gasteiger partial charge in [-0.3, -0.25) is 14.5 Å². The fourth-order valence-electron chi connectivity index (χ4n) is 4.55. The molecule has 1 amide bonds. The van der Waals surface area contributed by atoms with E-state index >= 15 is 0 Å². The van der Waals surface area contributed by atoms with Gasteiger partial charge in [-0.15, -0.1) is 0 Å². The Bertz CT molecular complexity index is 1480. The zero-order chi connectivity index (χ0) is 28.3. The van der Waals surface area contributed by atoms with Crippen LogP contribution in [0.2, 0.25) is 0 Å². The number of Topliss-reactive ketones (excluding diaryl/α,β-unsaturated/α-hetero) is 1. The van der Waals surface area contributed by atoms with Crippen molar-refractivity contribution in [1.82, 2.24) is 4.98 Å². The quantitative estimate of drug-likeness (QED) is 0.218. The minimum absolute atomic E-state index is 0.0201. The van der Waals surface area contributed by atoms with Crippen molar-refractivity contribution in [3.05, 3.63) is 87.4 Å². The summed E-state index contributed by atoms with van der Waals surface area (Å²) >= 11 is 1.16. The first-order valence-corrected chi connectivity index (χ1v) is 13.5. The lowest BCUT2D eigenvalue weighted by molar-refractivity contribution is -0.113. The van der Waals surface area contributed by atoms with Crippen LogP contribution in [-0.2, 0) is 9.53 Å². The summed E-state index contributed by atoms with van der Waals surface area (Å²) in [6.45, 7) is 9.35. The monoisotopic (exact) mass is 545 g/mol. The molecule has 0 atom stereocenters. The summed E-state index contributed by atoms with van der Waals surface area (Å²) in [6.07, 6.45) is 1.71. The molecule has 1 aliphatic rings. The molecule has 3 aromatic rings. The standard InChI is InChI=1S/C30H31N3O5S/c1-7-38-29(36)27-20(5)31-19(4)26(27)25(34)16-39-30-32-24(15-21-8-10-23(37-6)11-9-21)28(35)33(30)22-13-17(2)12-18(3)14-22/h8-15,31H,7,16H2,1-6H3/b24-15-. The Labute approximate surface area is 232 Å². The van der Waals surface area contributed by atoms with E-state index in [-0.39, 0.29) is 35.3 Å². The molecule has 2 heterocycles. The molecule has 0 saturated carbocycles. The molecule has 9 heteroatoms. The number of hydrogen-bond donors (Lipinski definition) is 1. The first-order valence-electron chi connectivity index (χ1n) is 12.5. The van der Waals surface area contributed by atoms with Crippen LogP contribution in [0, 0.1) is 27.7 Å². The number of nitrogens with one attached hydrogen (secondary N) is 1. The van der Waals surface area contributed by atoms with Crippen molar-refractivity contribution in [3.63, 3.8) is 0 Å². The average Bonchev–Trinajstić information content (AvgIpc) is 3.36. The van der Waals surface area contributed by atoms with Gasteiger partial charge in [-0.2, -0.15) is 0 Å². The van der Waals surface area contributed by atoms with Crippen LogP contribution in [0.25, 0.3) is 6.08 Å². The number of carbonyl (C=O) groups excluding carboxylic acids is 3. The largest absolute Gasteiger partial charge is 0.497 e. The van der Waals surface area contributed by atoms with Gasteiger partial charge in [0.1, 0.15) is 11.4 Å². The van der Waals surface area contributed by atoms with Crippen molar-refractivity contribution in [2.24, 2.45) is 4.99 Å². The number of ether oxygens (including phenoxy) is 2. The second-order valence-corrected chi connectivity index (χ2v) is 10.2. The maximum atomic E-state index is 13.6. The van der Waals surface area contributed by atoms with E-state index in [1.54, 1.807) is 34.0 Å². The number of aromatic nitrogens is 1. The molecule has 0 fully saturated rings. The Morgan fingerprint density at radius 2 is 1.64 bits per heavy atom. The Hall–Kier alpha value is -4.11. The molecular formula is C30H31N3O5S. The number of amidine groups is 1. The summed E-state index contributed by atoms with van der Waals surface area (Å²) in [6, 6.07) is 13.2. The van der Waals surface area contributed by atoms with E-state index in [9.17, 15) is 14.4 Å². The van der Waals surface area contributed by atoms with Crippen LogP contribution in [0.3, 0.4) is 0 Å². The minimum atomic E-state index is -0.539. The molecule has 4 rings (SSSR count). The Morgan fingerprint density at radius 3 is 2.26 bits per heavy atom. The van der Waals surface area contributed by atoms with Gasteiger partial charge >= 0.3 is 5.97 Å². The highest BCUT2D eigenvalue weighted by Crippen LogP contribution is 2.32. The number of rotatable bonds is 8.